The zero-order valence-electron chi connectivity index (χ0n) is 12.5. The van der Waals surface area contributed by atoms with Crippen LogP contribution in [0.1, 0.15) is 39.3 Å². The second-order valence-electron chi connectivity index (χ2n) is 4.94. The molecule has 5 nitrogen and oxygen atoms in total. The van der Waals surface area contributed by atoms with Crippen molar-refractivity contribution in [2.45, 2.75) is 46.6 Å². The van der Waals surface area contributed by atoms with Crippen LogP contribution in [0.15, 0.2) is 6.07 Å². The summed E-state index contributed by atoms with van der Waals surface area (Å²) in [6.07, 6.45) is 2.12. The van der Waals surface area contributed by atoms with Crippen LogP contribution in [0.25, 0.3) is 0 Å². The second kappa shape index (κ2) is 7.94. The first kappa shape index (κ1) is 15.7. The fraction of sp³-hybridized carbons (Fsp3) is 0.714. The summed E-state index contributed by atoms with van der Waals surface area (Å²) >= 11 is 0. The molecule has 0 unspecified atom stereocenters. The second-order valence-corrected chi connectivity index (χ2v) is 4.94. The van der Waals surface area contributed by atoms with Gasteiger partial charge in [0.1, 0.15) is 0 Å². The highest BCUT2D eigenvalue weighted by molar-refractivity contribution is 5.34. The van der Waals surface area contributed by atoms with E-state index in [1.165, 1.54) is 0 Å². The topological polar surface area (TPSA) is 64.3 Å². The lowest BCUT2D eigenvalue weighted by Crippen LogP contribution is -2.29. The first-order valence-corrected chi connectivity index (χ1v) is 7.04. The smallest absolute Gasteiger partial charge is 0.228 e. The average Bonchev–Trinajstić information content (AvgIpc) is 2.32. The summed E-state index contributed by atoms with van der Waals surface area (Å²) in [6.45, 7) is 10.6. The highest BCUT2D eigenvalue weighted by Gasteiger charge is 2.11. The maximum Gasteiger partial charge on any atom is 0.228 e. The number of aryl methyl sites for hydroxylation is 1. The SMILES string of the molecule is CCCN(CCCN)c1nc(C)cc(OC(C)C)n1. The average molecular weight is 266 g/mol. The Morgan fingerprint density at radius 3 is 2.63 bits per heavy atom. The molecule has 1 aromatic rings. The largest absolute Gasteiger partial charge is 0.475 e. The molecule has 1 aromatic heterocycles. The summed E-state index contributed by atoms with van der Waals surface area (Å²) < 4.78 is 5.67. The highest BCUT2D eigenvalue weighted by Crippen LogP contribution is 2.17. The van der Waals surface area contributed by atoms with Crippen LogP contribution in [-0.2, 0) is 0 Å². The zero-order valence-corrected chi connectivity index (χ0v) is 12.5. The predicted octanol–water partition coefficient (Wildman–Crippen LogP) is 2.14. The van der Waals surface area contributed by atoms with E-state index in [2.05, 4.69) is 21.8 Å². The highest BCUT2D eigenvalue weighted by atomic mass is 16.5. The quantitative estimate of drug-likeness (QED) is 0.781. The molecule has 0 aliphatic heterocycles. The van der Waals surface area contributed by atoms with Gasteiger partial charge in [0.25, 0.3) is 0 Å². The van der Waals surface area contributed by atoms with Gasteiger partial charge in [-0.3, -0.25) is 0 Å². The van der Waals surface area contributed by atoms with Gasteiger partial charge in [0.2, 0.25) is 11.8 Å². The Labute approximate surface area is 116 Å². The Kier molecular flexibility index (Phi) is 6.56. The first-order valence-electron chi connectivity index (χ1n) is 7.04. The Hall–Kier alpha value is -1.36. The summed E-state index contributed by atoms with van der Waals surface area (Å²) in [5.41, 5.74) is 6.51. The van der Waals surface area contributed by atoms with Crippen LogP contribution >= 0.6 is 0 Å². The van der Waals surface area contributed by atoms with E-state index < -0.39 is 0 Å². The minimum absolute atomic E-state index is 0.116. The van der Waals surface area contributed by atoms with E-state index >= 15 is 0 Å². The Balaban J connectivity index is 2.90. The Bertz CT molecular complexity index is 382. The first-order chi connectivity index (χ1) is 9.06. The molecule has 0 saturated carbocycles. The summed E-state index contributed by atoms with van der Waals surface area (Å²) in [5, 5.41) is 0. The van der Waals surface area contributed by atoms with Gasteiger partial charge >= 0.3 is 0 Å². The van der Waals surface area contributed by atoms with E-state index in [0.717, 1.165) is 37.6 Å². The number of hydrogen-bond donors (Lipinski definition) is 1. The van der Waals surface area contributed by atoms with Crippen molar-refractivity contribution in [3.63, 3.8) is 0 Å². The van der Waals surface area contributed by atoms with Crippen LogP contribution < -0.4 is 15.4 Å². The van der Waals surface area contributed by atoms with E-state index in [1.807, 2.05) is 26.8 Å². The fourth-order valence-electron chi connectivity index (χ4n) is 1.83. The van der Waals surface area contributed by atoms with E-state index in [0.29, 0.717) is 12.4 Å². The Morgan fingerprint density at radius 2 is 2.05 bits per heavy atom. The minimum Gasteiger partial charge on any atom is -0.475 e. The molecule has 0 bridgehead atoms. The van der Waals surface area contributed by atoms with E-state index in [-0.39, 0.29) is 6.10 Å². The standard InChI is InChI=1S/C14H26N4O/c1-5-8-18(9-6-7-15)14-16-12(4)10-13(17-14)19-11(2)3/h10-11H,5-9,15H2,1-4H3. The van der Waals surface area contributed by atoms with Crippen molar-refractivity contribution in [2.75, 3.05) is 24.5 Å². The van der Waals surface area contributed by atoms with Gasteiger partial charge in [0, 0.05) is 24.8 Å². The molecule has 19 heavy (non-hydrogen) atoms. The van der Waals surface area contributed by atoms with E-state index in [9.17, 15) is 0 Å². The molecule has 0 atom stereocenters. The van der Waals surface area contributed by atoms with Crippen molar-refractivity contribution in [3.05, 3.63) is 11.8 Å². The van der Waals surface area contributed by atoms with Gasteiger partial charge in [-0.1, -0.05) is 6.92 Å². The molecule has 0 aliphatic rings. The van der Waals surface area contributed by atoms with Crippen molar-refractivity contribution in [3.8, 4) is 5.88 Å². The molecule has 0 aliphatic carbocycles. The molecular weight excluding hydrogens is 240 g/mol. The third kappa shape index (κ3) is 5.42. The molecule has 1 rings (SSSR count). The van der Waals surface area contributed by atoms with Gasteiger partial charge in [-0.15, -0.1) is 0 Å². The third-order valence-electron chi connectivity index (χ3n) is 2.58. The predicted molar refractivity (Wildman–Crippen MR) is 78.7 cm³/mol. The van der Waals surface area contributed by atoms with Crippen LogP contribution in [0.2, 0.25) is 0 Å². The molecule has 108 valence electrons. The van der Waals surface area contributed by atoms with Crippen molar-refractivity contribution in [1.29, 1.82) is 0 Å². The number of aromatic nitrogens is 2. The number of ether oxygens (including phenoxy) is 1. The van der Waals surface area contributed by atoms with Crippen molar-refractivity contribution < 1.29 is 4.74 Å². The van der Waals surface area contributed by atoms with Gasteiger partial charge < -0.3 is 15.4 Å². The molecule has 0 aromatic carbocycles. The van der Waals surface area contributed by atoms with Gasteiger partial charge in [-0.25, -0.2) is 4.98 Å². The van der Waals surface area contributed by atoms with Crippen LogP contribution in [-0.4, -0.2) is 35.7 Å². The molecule has 0 saturated heterocycles. The molecule has 1 heterocycles. The normalized spacial score (nSPS) is 10.8. The van der Waals surface area contributed by atoms with Gasteiger partial charge in [-0.05, 0) is 40.2 Å². The fourth-order valence-corrected chi connectivity index (χ4v) is 1.83. The van der Waals surface area contributed by atoms with Crippen LogP contribution in [0, 0.1) is 6.92 Å². The van der Waals surface area contributed by atoms with E-state index in [1.54, 1.807) is 0 Å². The van der Waals surface area contributed by atoms with Crippen LogP contribution in [0.5, 0.6) is 5.88 Å². The molecule has 0 radical (unpaired) electrons. The van der Waals surface area contributed by atoms with Crippen molar-refractivity contribution >= 4 is 5.95 Å². The lowest BCUT2D eigenvalue weighted by atomic mass is 10.3. The lowest BCUT2D eigenvalue weighted by Gasteiger charge is -2.22. The number of nitrogens with zero attached hydrogens (tertiary/aromatic N) is 3. The Morgan fingerprint density at radius 1 is 1.32 bits per heavy atom. The van der Waals surface area contributed by atoms with Gasteiger partial charge in [0.05, 0.1) is 6.10 Å². The molecule has 0 amide bonds. The summed E-state index contributed by atoms with van der Waals surface area (Å²) in [7, 11) is 0. The molecule has 0 spiro atoms. The number of nitrogens with two attached hydrogens (primary N) is 1. The number of rotatable bonds is 8. The molecule has 5 heteroatoms. The van der Waals surface area contributed by atoms with Gasteiger partial charge in [-0.2, -0.15) is 4.98 Å². The molecular formula is C14H26N4O. The van der Waals surface area contributed by atoms with Crippen molar-refractivity contribution in [2.24, 2.45) is 5.73 Å². The third-order valence-corrected chi connectivity index (χ3v) is 2.58. The van der Waals surface area contributed by atoms with Crippen LogP contribution in [0.4, 0.5) is 5.95 Å². The lowest BCUT2D eigenvalue weighted by molar-refractivity contribution is 0.232. The van der Waals surface area contributed by atoms with Crippen LogP contribution in [0.3, 0.4) is 0 Å². The summed E-state index contributed by atoms with van der Waals surface area (Å²) in [6, 6.07) is 1.87. The summed E-state index contributed by atoms with van der Waals surface area (Å²) in [4.78, 5) is 11.2. The van der Waals surface area contributed by atoms with Crippen molar-refractivity contribution in [1.82, 2.24) is 9.97 Å². The van der Waals surface area contributed by atoms with Gasteiger partial charge in [0.15, 0.2) is 0 Å². The number of hydrogen-bond acceptors (Lipinski definition) is 5. The molecule has 0 fully saturated rings. The molecule has 2 N–H and O–H groups in total. The minimum atomic E-state index is 0.116. The number of anilines is 1. The maximum atomic E-state index is 5.67. The zero-order chi connectivity index (χ0) is 14.3. The maximum absolute atomic E-state index is 5.67. The summed E-state index contributed by atoms with van der Waals surface area (Å²) in [5.74, 6) is 1.39. The van der Waals surface area contributed by atoms with E-state index in [4.69, 9.17) is 10.5 Å². The monoisotopic (exact) mass is 266 g/mol.